The van der Waals surface area contributed by atoms with Crippen molar-refractivity contribution < 1.29 is 38.5 Å². The quantitative estimate of drug-likeness (QED) is 0.0514. The standard InChI is InChI=1S/C44H47N3O8/c48-36-16-10-31(11-17-36)9-14-34(33-7-2-1-3-8-33)29-32-12-18-37(19-13-32)55-28-6-27-54-26-5-25-53-24-4-23-45-35-15-20-38-39(30-35)44(52)47(43(38)51)40-21-22-41(49)46-42(40)50/h1-3,7-8,10-13,15-20,29-30,40,45,48H,4-6,9,14,21-28H2,(H,46,49,50)/b34-29-. The lowest BCUT2D eigenvalue weighted by molar-refractivity contribution is -0.136. The van der Waals surface area contributed by atoms with Crippen molar-refractivity contribution in [2.75, 3.05) is 44.9 Å². The van der Waals surface area contributed by atoms with Crippen LogP contribution in [0.4, 0.5) is 5.69 Å². The van der Waals surface area contributed by atoms with Gasteiger partial charge in [-0.2, -0.15) is 0 Å². The maximum absolute atomic E-state index is 13.0. The summed E-state index contributed by atoms with van der Waals surface area (Å²) in [4.78, 5) is 50.6. The van der Waals surface area contributed by atoms with E-state index in [4.69, 9.17) is 14.2 Å². The van der Waals surface area contributed by atoms with Crippen LogP contribution >= 0.6 is 0 Å². The largest absolute Gasteiger partial charge is 0.508 e. The fourth-order valence-corrected chi connectivity index (χ4v) is 6.56. The molecule has 55 heavy (non-hydrogen) atoms. The second-order valence-corrected chi connectivity index (χ2v) is 13.5. The Morgan fingerprint density at radius 1 is 0.782 bits per heavy atom. The molecule has 286 valence electrons. The molecule has 1 atom stereocenters. The number of carbonyl (C=O) groups is 4. The number of allylic oxidation sites excluding steroid dienone is 1. The molecule has 0 radical (unpaired) electrons. The molecule has 2 aliphatic heterocycles. The summed E-state index contributed by atoms with van der Waals surface area (Å²) in [5.74, 6) is -0.969. The van der Waals surface area contributed by atoms with Gasteiger partial charge in [-0.05, 0) is 96.8 Å². The molecule has 0 bridgehead atoms. The first-order valence-electron chi connectivity index (χ1n) is 18.9. The van der Waals surface area contributed by atoms with Gasteiger partial charge in [0.1, 0.15) is 17.5 Å². The molecule has 2 heterocycles. The Bertz CT molecular complexity index is 1960. The molecule has 4 aromatic rings. The number of imide groups is 2. The van der Waals surface area contributed by atoms with E-state index < -0.39 is 29.7 Å². The summed E-state index contributed by atoms with van der Waals surface area (Å²) in [6.45, 7) is 3.54. The van der Waals surface area contributed by atoms with E-state index in [-0.39, 0.29) is 29.7 Å². The molecule has 1 fully saturated rings. The maximum Gasteiger partial charge on any atom is 0.262 e. The highest BCUT2D eigenvalue weighted by Crippen LogP contribution is 2.30. The van der Waals surface area contributed by atoms with E-state index >= 15 is 0 Å². The number of rotatable bonds is 20. The summed E-state index contributed by atoms with van der Waals surface area (Å²) < 4.78 is 17.4. The van der Waals surface area contributed by atoms with E-state index in [1.54, 1.807) is 30.3 Å². The van der Waals surface area contributed by atoms with Gasteiger partial charge in [0, 0.05) is 51.5 Å². The Hall–Kier alpha value is -5.78. The maximum atomic E-state index is 13.0. The molecule has 11 nitrogen and oxygen atoms in total. The predicted octanol–water partition coefficient (Wildman–Crippen LogP) is 6.66. The number of phenolic OH excluding ortho intramolecular Hbond substituents is 1. The van der Waals surface area contributed by atoms with Gasteiger partial charge in [-0.15, -0.1) is 0 Å². The van der Waals surface area contributed by atoms with Crippen molar-refractivity contribution in [3.05, 3.63) is 125 Å². The van der Waals surface area contributed by atoms with Crippen molar-refractivity contribution in [2.45, 2.75) is 51.0 Å². The van der Waals surface area contributed by atoms with Gasteiger partial charge in [-0.3, -0.25) is 29.4 Å². The van der Waals surface area contributed by atoms with Gasteiger partial charge < -0.3 is 24.6 Å². The van der Waals surface area contributed by atoms with Gasteiger partial charge in [0.15, 0.2) is 0 Å². The van der Waals surface area contributed by atoms with Crippen LogP contribution < -0.4 is 15.4 Å². The lowest BCUT2D eigenvalue weighted by Gasteiger charge is -2.27. The van der Waals surface area contributed by atoms with E-state index in [0.29, 0.717) is 45.3 Å². The average molecular weight is 746 g/mol. The molecule has 4 amide bonds. The predicted molar refractivity (Wildman–Crippen MR) is 210 cm³/mol. The third-order valence-corrected chi connectivity index (χ3v) is 9.50. The number of amides is 4. The second kappa shape index (κ2) is 19.5. The van der Waals surface area contributed by atoms with Crippen molar-refractivity contribution in [3.8, 4) is 11.5 Å². The van der Waals surface area contributed by atoms with Crippen LogP contribution in [0.3, 0.4) is 0 Å². The van der Waals surface area contributed by atoms with Gasteiger partial charge in [0.2, 0.25) is 11.8 Å². The molecule has 0 aliphatic carbocycles. The van der Waals surface area contributed by atoms with Crippen molar-refractivity contribution >= 4 is 41.0 Å². The number of aromatic hydroxyl groups is 1. The van der Waals surface area contributed by atoms with Crippen molar-refractivity contribution in [1.82, 2.24) is 10.2 Å². The Morgan fingerprint density at radius 3 is 2.20 bits per heavy atom. The lowest BCUT2D eigenvalue weighted by atomic mass is 9.96. The number of ether oxygens (including phenoxy) is 3. The van der Waals surface area contributed by atoms with Gasteiger partial charge in [0.25, 0.3) is 11.8 Å². The van der Waals surface area contributed by atoms with E-state index in [9.17, 15) is 24.3 Å². The molecule has 3 N–H and O–H groups in total. The molecule has 6 rings (SSSR count). The molecule has 11 heteroatoms. The van der Waals surface area contributed by atoms with Crippen molar-refractivity contribution in [3.63, 3.8) is 0 Å². The Morgan fingerprint density at radius 2 is 1.47 bits per heavy atom. The zero-order chi connectivity index (χ0) is 38.4. The number of nitrogens with zero attached hydrogens (tertiary/aromatic N) is 1. The van der Waals surface area contributed by atoms with Gasteiger partial charge in [-0.25, -0.2) is 0 Å². The van der Waals surface area contributed by atoms with E-state index in [1.165, 1.54) is 16.7 Å². The molecular weight excluding hydrogens is 698 g/mol. The second-order valence-electron chi connectivity index (χ2n) is 13.5. The smallest absolute Gasteiger partial charge is 0.262 e. The molecule has 0 spiro atoms. The van der Waals surface area contributed by atoms with Crippen LogP contribution in [0.5, 0.6) is 11.5 Å². The Balaban J connectivity index is 0.811. The number of fused-ring (bicyclic) bond motifs is 1. The van der Waals surface area contributed by atoms with Crippen LogP contribution in [-0.2, 0) is 25.5 Å². The van der Waals surface area contributed by atoms with E-state index in [2.05, 4.69) is 53.1 Å². The first kappa shape index (κ1) is 38.9. The molecule has 0 saturated carbocycles. The molecule has 4 aromatic carbocycles. The van der Waals surface area contributed by atoms with Crippen LogP contribution in [-0.4, -0.2) is 79.3 Å². The number of hydrogen-bond acceptors (Lipinski definition) is 9. The number of anilines is 1. The minimum Gasteiger partial charge on any atom is -0.508 e. The Labute approximate surface area is 321 Å². The zero-order valence-corrected chi connectivity index (χ0v) is 30.8. The number of piperidine rings is 1. The van der Waals surface area contributed by atoms with Crippen molar-refractivity contribution in [1.29, 1.82) is 0 Å². The summed E-state index contributed by atoms with van der Waals surface area (Å²) in [5, 5.41) is 15.1. The first-order valence-corrected chi connectivity index (χ1v) is 18.9. The van der Waals surface area contributed by atoms with Gasteiger partial charge in [-0.1, -0.05) is 60.7 Å². The van der Waals surface area contributed by atoms with Gasteiger partial charge >= 0.3 is 0 Å². The highest BCUT2D eigenvalue weighted by atomic mass is 16.5. The summed E-state index contributed by atoms with van der Waals surface area (Å²) >= 11 is 0. The highest BCUT2D eigenvalue weighted by molar-refractivity contribution is 6.23. The van der Waals surface area contributed by atoms with Crippen molar-refractivity contribution in [2.24, 2.45) is 0 Å². The number of aryl methyl sites for hydroxylation is 1. The van der Waals surface area contributed by atoms with Crippen LogP contribution in [0.15, 0.2) is 97.1 Å². The molecule has 0 aromatic heterocycles. The molecule has 2 aliphatic rings. The van der Waals surface area contributed by atoms with Crippen LogP contribution in [0.1, 0.15) is 75.9 Å². The third kappa shape index (κ3) is 10.9. The summed E-state index contributed by atoms with van der Waals surface area (Å²) in [7, 11) is 0. The summed E-state index contributed by atoms with van der Waals surface area (Å²) in [6.07, 6.45) is 6.50. The minimum atomic E-state index is -0.980. The fourth-order valence-electron chi connectivity index (χ4n) is 6.56. The summed E-state index contributed by atoms with van der Waals surface area (Å²) in [5.41, 5.74) is 5.93. The first-order chi connectivity index (χ1) is 26.9. The molecular formula is C44H47N3O8. The van der Waals surface area contributed by atoms with E-state index in [1.807, 2.05) is 30.3 Å². The van der Waals surface area contributed by atoms with Crippen LogP contribution in [0.2, 0.25) is 0 Å². The zero-order valence-electron chi connectivity index (χ0n) is 30.8. The van der Waals surface area contributed by atoms with Gasteiger partial charge in [0.05, 0.1) is 17.7 Å². The lowest BCUT2D eigenvalue weighted by Crippen LogP contribution is -2.54. The normalized spacial score (nSPS) is 15.6. The highest BCUT2D eigenvalue weighted by Gasteiger charge is 2.44. The van der Waals surface area contributed by atoms with Crippen LogP contribution in [0.25, 0.3) is 11.6 Å². The number of nitrogens with one attached hydrogen (secondary N) is 2. The van der Waals surface area contributed by atoms with Crippen LogP contribution in [0, 0.1) is 0 Å². The fraction of sp³-hybridized carbons (Fsp3) is 0.318. The number of hydrogen-bond donors (Lipinski definition) is 3. The summed E-state index contributed by atoms with van der Waals surface area (Å²) in [6, 6.07) is 29.9. The number of phenols is 1. The molecule has 1 unspecified atom stereocenters. The number of benzene rings is 4. The molecule has 1 saturated heterocycles. The SMILES string of the molecule is O=C1CCC(N2C(=O)c3ccc(NCCCOCCCOCCCOc4ccc(/C=C(/CCc5ccc(O)cc5)c5ccccc5)cc4)cc3C2=O)C(=O)N1. The van der Waals surface area contributed by atoms with E-state index in [0.717, 1.165) is 48.3 Å². The topological polar surface area (TPSA) is 144 Å². The third-order valence-electron chi connectivity index (χ3n) is 9.50. The minimum absolute atomic E-state index is 0.0839. The number of carbonyl (C=O) groups excluding carboxylic acids is 4. The average Bonchev–Trinajstić information content (AvgIpc) is 3.44. The monoisotopic (exact) mass is 745 g/mol. The Kier molecular flexibility index (Phi) is 13.8.